The molecule has 0 atom stereocenters. The number of likely N-dealkylation sites (N-methyl/N-ethyl adjacent to an activating group) is 1. The van der Waals surface area contributed by atoms with E-state index in [1.807, 2.05) is 17.5 Å². The van der Waals surface area contributed by atoms with Gasteiger partial charge in [-0.25, -0.2) is 0 Å². The molecule has 0 aliphatic carbocycles. The summed E-state index contributed by atoms with van der Waals surface area (Å²) in [5.74, 6) is 0.209. The zero-order valence-corrected chi connectivity index (χ0v) is 11.7. The van der Waals surface area contributed by atoms with Gasteiger partial charge in [-0.05, 0) is 23.9 Å². The fourth-order valence-corrected chi connectivity index (χ4v) is 2.51. The van der Waals surface area contributed by atoms with Crippen molar-refractivity contribution in [3.8, 4) is 5.75 Å². The minimum Gasteiger partial charge on any atom is -0.508 e. The van der Waals surface area contributed by atoms with Crippen LogP contribution < -0.4 is 0 Å². The maximum absolute atomic E-state index is 12.0. The predicted molar refractivity (Wildman–Crippen MR) is 77.5 cm³/mol. The number of thiophene rings is 1. The topological polar surface area (TPSA) is 40.5 Å². The average molecular weight is 275 g/mol. The Morgan fingerprint density at radius 3 is 2.74 bits per heavy atom. The fourth-order valence-electron chi connectivity index (χ4n) is 1.82. The van der Waals surface area contributed by atoms with Crippen LogP contribution in [0.5, 0.6) is 5.75 Å². The van der Waals surface area contributed by atoms with Gasteiger partial charge in [-0.15, -0.1) is 11.3 Å². The normalized spacial score (nSPS) is 10.4. The number of carbonyl (C=O) groups is 1. The van der Waals surface area contributed by atoms with E-state index in [1.165, 1.54) is 4.88 Å². The fraction of sp³-hybridized carbons (Fsp3) is 0.267. The highest BCUT2D eigenvalue weighted by atomic mass is 32.1. The first-order valence-corrected chi connectivity index (χ1v) is 7.08. The molecule has 0 aliphatic rings. The molecule has 3 nitrogen and oxygen atoms in total. The molecular formula is C15H17NO2S. The van der Waals surface area contributed by atoms with E-state index >= 15 is 0 Å². The van der Waals surface area contributed by atoms with E-state index in [9.17, 15) is 9.90 Å². The summed E-state index contributed by atoms with van der Waals surface area (Å²) < 4.78 is 0. The molecule has 1 amide bonds. The smallest absolute Gasteiger partial charge is 0.226 e. The van der Waals surface area contributed by atoms with E-state index in [2.05, 4.69) is 6.07 Å². The number of amides is 1. The number of benzene rings is 1. The van der Waals surface area contributed by atoms with Gasteiger partial charge in [0.1, 0.15) is 5.75 Å². The van der Waals surface area contributed by atoms with E-state index in [0.29, 0.717) is 12.1 Å². The second-order valence-corrected chi connectivity index (χ2v) is 5.48. The highest BCUT2D eigenvalue weighted by molar-refractivity contribution is 7.09. The lowest BCUT2D eigenvalue weighted by Gasteiger charge is -2.17. The molecular weight excluding hydrogens is 258 g/mol. The maximum atomic E-state index is 12.0. The molecule has 1 N–H and O–H groups in total. The van der Waals surface area contributed by atoms with Gasteiger partial charge >= 0.3 is 0 Å². The molecule has 0 fully saturated rings. The summed E-state index contributed by atoms with van der Waals surface area (Å²) in [6, 6.07) is 11.1. The van der Waals surface area contributed by atoms with Crippen molar-refractivity contribution in [2.75, 3.05) is 13.6 Å². The van der Waals surface area contributed by atoms with E-state index in [1.54, 1.807) is 41.5 Å². The van der Waals surface area contributed by atoms with Crippen molar-refractivity contribution in [1.82, 2.24) is 4.90 Å². The van der Waals surface area contributed by atoms with Crippen molar-refractivity contribution in [1.29, 1.82) is 0 Å². The minimum absolute atomic E-state index is 0.0260. The van der Waals surface area contributed by atoms with Gasteiger partial charge in [0.2, 0.25) is 5.91 Å². The van der Waals surface area contributed by atoms with Gasteiger partial charge in [-0.3, -0.25) is 4.79 Å². The van der Waals surface area contributed by atoms with E-state index in [-0.39, 0.29) is 18.1 Å². The first-order valence-electron chi connectivity index (χ1n) is 6.20. The SMILES string of the molecule is CN(CCc1cccs1)C(=O)Cc1ccccc1O. The third kappa shape index (κ3) is 3.83. The largest absolute Gasteiger partial charge is 0.508 e. The molecule has 0 saturated heterocycles. The standard InChI is InChI=1S/C15H17NO2S/c1-16(9-8-13-6-4-10-19-13)15(18)11-12-5-2-3-7-14(12)17/h2-7,10,17H,8-9,11H2,1H3. The number of phenols is 1. The van der Waals surface area contributed by atoms with Crippen LogP contribution in [0.25, 0.3) is 0 Å². The van der Waals surface area contributed by atoms with Crippen molar-refractivity contribution in [2.24, 2.45) is 0 Å². The first-order chi connectivity index (χ1) is 9.16. The van der Waals surface area contributed by atoms with Gasteiger partial charge in [0.25, 0.3) is 0 Å². The summed E-state index contributed by atoms with van der Waals surface area (Å²) in [4.78, 5) is 15.0. The van der Waals surface area contributed by atoms with E-state index in [0.717, 1.165) is 6.42 Å². The minimum atomic E-state index is 0.0260. The van der Waals surface area contributed by atoms with Crippen LogP contribution in [-0.4, -0.2) is 29.5 Å². The second kappa shape index (κ2) is 6.38. The van der Waals surface area contributed by atoms with Gasteiger partial charge in [0.05, 0.1) is 6.42 Å². The van der Waals surface area contributed by atoms with E-state index < -0.39 is 0 Å². The number of aromatic hydroxyl groups is 1. The van der Waals surface area contributed by atoms with Gasteiger partial charge < -0.3 is 10.0 Å². The number of para-hydroxylation sites is 1. The molecule has 2 aromatic rings. The van der Waals surface area contributed by atoms with Crippen LogP contribution in [0.1, 0.15) is 10.4 Å². The summed E-state index contributed by atoms with van der Waals surface area (Å²) in [5, 5.41) is 11.7. The predicted octanol–water partition coefficient (Wildman–Crippen LogP) is 2.70. The Morgan fingerprint density at radius 2 is 2.05 bits per heavy atom. The zero-order valence-electron chi connectivity index (χ0n) is 10.9. The summed E-state index contributed by atoms with van der Waals surface area (Å²) >= 11 is 1.71. The van der Waals surface area contributed by atoms with Gasteiger partial charge in [-0.1, -0.05) is 24.3 Å². The summed E-state index contributed by atoms with van der Waals surface area (Å²) in [6.07, 6.45) is 1.12. The molecule has 0 bridgehead atoms. The van der Waals surface area contributed by atoms with Gasteiger partial charge in [-0.2, -0.15) is 0 Å². The molecule has 0 saturated carbocycles. The average Bonchev–Trinajstić information content (AvgIpc) is 2.91. The van der Waals surface area contributed by atoms with Crippen LogP contribution in [0.15, 0.2) is 41.8 Å². The third-order valence-electron chi connectivity index (χ3n) is 3.03. The van der Waals surface area contributed by atoms with Crippen molar-refractivity contribution < 1.29 is 9.90 Å². The Labute approximate surface area is 117 Å². The van der Waals surface area contributed by atoms with Crippen LogP contribution in [0.4, 0.5) is 0 Å². The monoisotopic (exact) mass is 275 g/mol. The lowest BCUT2D eigenvalue weighted by atomic mass is 10.1. The molecule has 19 heavy (non-hydrogen) atoms. The Hall–Kier alpha value is -1.81. The molecule has 100 valence electrons. The van der Waals surface area contributed by atoms with Gasteiger partial charge in [0.15, 0.2) is 0 Å². The lowest BCUT2D eigenvalue weighted by Crippen LogP contribution is -2.30. The number of nitrogens with zero attached hydrogens (tertiary/aromatic N) is 1. The Kier molecular flexibility index (Phi) is 4.58. The summed E-state index contributed by atoms with van der Waals surface area (Å²) in [6.45, 7) is 0.701. The molecule has 0 unspecified atom stereocenters. The highest BCUT2D eigenvalue weighted by Crippen LogP contribution is 2.17. The van der Waals surface area contributed by atoms with Crippen LogP contribution in [0.3, 0.4) is 0 Å². The molecule has 4 heteroatoms. The van der Waals surface area contributed by atoms with Crippen molar-refractivity contribution >= 4 is 17.2 Å². The van der Waals surface area contributed by atoms with Crippen molar-refractivity contribution in [3.63, 3.8) is 0 Å². The third-order valence-corrected chi connectivity index (χ3v) is 3.97. The molecule has 1 aromatic heterocycles. The van der Waals surface area contributed by atoms with Crippen LogP contribution in [0.2, 0.25) is 0 Å². The number of carbonyl (C=O) groups excluding carboxylic acids is 1. The van der Waals surface area contributed by atoms with Crippen molar-refractivity contribution in [3.05, 3.63) is 52.2 Å². The quantitative estimate of drug-likeness (QED) is 0.911. The first kappa shape index (κ1) is 13.6. The maximum Gasteiger partial charge on any atom is 0.226 e. The zero-order chi connectivity index (χ0) is 13.7. The Morgan fingerprint density at radius 1 is 1.26 bits per heavy atom. The summed E-state index contributed by atoms with van der Waals surface area (Å²) in [7, 11) is 1.80. The second-order valence-electron chi connectivity index (χ2n) is 4.45. The molecule has 0 spiro atoms. The molecule has 2 rings (SSSR count). The molecule has 0 aliphatic heterocycles. The molecule has 0 radical (unpaired) electrons. The number of phenolic OH excluding ortho intramolecular Hbond substituents is 1. The summed E-state index contributed by atoms with van der Waals surface area (Å²) in [5.41, 5.74) is 0.676. The van der Waals surface area contributed by atoms with Gasteiger partial charge in [0, 0.05) is 24.0 Å². The lowest BCUT2D eigenvalue weighted by molar-refractivity contribution is -0.129. The Bertz CT molecular complexity index is 537. The highest BCUT2D eigenvalue weighted by Gasteiger charge is 2.11. The molecule has 1 heterocycles. The van der Waals surface area contributed by atoms with Crippen LogP contribution >= 0.6 is 11.3 Å². The number of rotatable bonds is 5. The van der Waals surface area contributed by atoms with Crippen LogP contribution in [-0.2, 0) is 17.6 Å². The number of hydrogen-bond acceptors (Lipinski definition) is 3. The van der Waals surface area contributed by atoms with E-state index in [4.69, 9.17) is 0 Å². The van der Waals surface area contributed by atoms with Crippen molar-refractivity contribution in [2.45, 2.75) is 12.8 Å². The van der Waals surface area contributed by atoms with Crippen LogP contribution in [0, 0.1) is 0 Å². The molecule has 1 aromatic carbocycles. The number of hydrogen-bond donors (Lipinski definition) is 1. The Balaban J connectivity index is 1.87.